The van der Waals surface area contributed by atoms with Crippen LogP contribution in [0.15, 0.2) is 48.5 Å². The minimum atomic E-state index is 0.143. The maximum atomic E-state index is 13.1. The summed E-state index contributed by atoms with van der Waals surface area (Å²) in [5.41, 5.74) is 2.87. The number of nitrogens with zero attached hydrogens (tertiary/aromatic N) is 3. The van der Waals surface area contributed by atoms with Crippen LogP contribution in [0.4, 0.5) is 0 Å². The molecule has 1 amide bonds. The number of hydrogen-bond donors (Lipinski definition) is 0. The Hall–Kier alpha value is -2.82. The molecule has 0 unspecified atom stereocenters. The molecular formula is C23H27N3O2. The highest BCUT2D eigenvalue weighted by atomic mass is 16.5. The van der Waals surface area contributed by atoms with Crippen LogP contribution in [0.5, 0.6) is 5.75 Å². The Labute approximate surface area is 165 Å². The first-order valence-corrected chi connectivity index (χ1v) is 10.0. The van der Waals surface area contributed by atoms with Gasteiger partial charge < -0.3 is 14.2 Å². The number of benzene rings is 2. The Bertz CT molecular complexity index is 956. The van der Waals surface area contributed by atoms with Crippen molar-refractivity contribution in [2.24, 2.45) is 0 Å². The minimum absolute atomic E-state index is 0.143. The largest absolute Gasteiger partial charge is 0.497 e. The first kappa shape index (κ1) is 18.5. The lowest BCUT2D eigenvalue weighted by atomic mass is 9.94. The van der Waals surface area contributed by atoms with Gasteiger partial charge in [0.15, 0.2) is 0 Å². The van der Waals surface area contributed by atoms with E-state index in [0.29, 0.717) is 12.6 Å². The second kappa shape index (κ2) is 8.05. The van der Waals surface area contributed by atoms with Crippen LogP contribution in [0, 0.1) is 0 Å². The lowest BCUT2D eigenvalue weighted by molar-refractivity contribution is -0.133. The van der Waals surface area contributed by atoms with Crippen LogP contribution in [0.2, 0.25) is 0 Å². The quantitative estimate of drug-likeness (QED) is 0.658. The normalized spacial score (nSPS) is 14.9. The zero-order chi connectivity index (χ0) is 19.5. The molecule has 0 saturated heterocycles. The molecule has 5 nitrogen and oxygen atoms in total. The van der Waals surface area contributed by atoms with Crippen LogP contribution in [-0.2, 0) is 11.3 Å². The van der Waals surface area contributed by atoms with E-state index in [1.165, 1.54) is 19.3 Å². The van der Waals surface area contributed by atoms with Gasteiger partial charge >= 0.3 is 0 Å². The van der Waals surface area contributed by atoms with E-state index >= 15 is 0 Å². The van der Waals surface area contributed by atoms with Gasteiger partial charge in [0.05, 0.1) is 18.1 Å². The first-order valence-electron chi connectivity index (χ1n) is 10.0. The molecule has 0 spiro atoms. The molecular weight excluding hydrogens is 350 g/mol. The van der Waals surface area contributed by atoms with E-state index in [-0.39, 0.29) is 5.91 Å². The second-order valence-electron chi connectivity index (χ2n) is 7.54. The summed E-state index contributed by atoms with van der Waals surface area (Å²) in [5, 5.41) is 0. The molecule has 0 bridgehead atoms. The number of ether oxygens (including phenoxy) is 1. The summed E-state index contributed by atoms with van der Waals surface area (Å²) in [6.07, 6.45) is 5.93. The molecule has 1 heterocycles. The van der Waals surface area contributed by atoms with E-state index in [1.807, 2.05) is 65.0 Å². The summed E-state index contributed by atoms with van der Waals surface area (Å²) in [6, 6.07) is 16.2. The standard InChI is InChI=1S/C23H27N3O2/c1-25(18-8-4-3-5-9-18)22(27)16-26-21-11-7-6-10-20(21)24-23(26)17-12-14-19(28-2)15-13-17/h6-7,10-15,18H,3-5,8-9,16H2,1-2H3. The van der Waals surface area contributed by atoms with E-state index in [4.69, 9.17) is 9.72 Å². The summed E-state index contributed by atoms with van der Waals surface area (Å²) < 4.78 is 7.31. The van der Waals surface area contributed by atoms with Crippen LogP contribution >= 0.6 is 0 Å². The van der Waals surface area contributed by atoms with Gasteiger partial charge in [0.2, 0.25) is 5.91 Å². The third-order valence-electron chi connectivity index (χ3n) is 5.81. The van der Waals surface area contributed by atoms with Gasteiger partial charge in [0, 0.05) is 18.7 Å². The second-order valence-corrected chi connectivity index (χ2v) is 7.54. The lowest BCUT2D eigenvalue weighted by Crippen LogP contribution is -2.40. The Morgan fingerprint density at radius 3 is 2.54 bits per heavy atom. The highest BCUT2D eigenvalue weighted by Gasteiger charge is 2.24. The van der Waals surface area contributed by atoms with Gasteiger partial charge in [0.25, 0.3) is 0 Å². The summed E-state index contributed by atoms with van der Waals surface area (Å²) in [6.45, 7) is 0.300. The highest BCUT2D eigenvalue weighted by molar-refractivity contribution is 5.84. The van der Waals surface area contributed by atoms with Crippen molar-refractivity contribution >= 4 is 16.9 Å². The predicted molar refractivity (Wildman–Crippen MR) is 111 cm³/mol. The fourth-order valence-corrected chi connectivity index (χ4v) is 4.11. The van der Waals surface area contributed by atoms with Gasteiger partial charge in [-0.15, -0.1) is 0 Å². The molecule has 4 rings (SSSR count). The molecule has 5 heteroatoms. The molecule has 28 heavy (non-hydrogen) atoms. The number of likely N-dealkylation sites (N-methyl/N-ethyl adjacent to an activating group) is 1. The van der Waals surface area contributed by atoms with Crippen molar-refractivity contribution in [1.29, 1.82) is 0 Å². The summed E-state index contributed by atoms with van der Waals surface area (Å²) in [7, 11) is 3.61. The van der Waals surface area contributed by atoms with Crippen LogP contribution in [0.25, 0.3) is 22.4 Å². The molecule has 1 saturated carbocycles. The van der Waals surface area contributed by atoms with Gasteiger partial charge in [-0.2, -0.15) is 0 Å². The molecule has 0 radical (unpaired) electrons. The third kappa shape index (κ3) is 3.61. The van der Waals surface area contributed by atoms with Crippen LogP contribution < -0.4 is 4.74 Å². The summed E-state index contributed by atoms with van der Waals surface area (Å²) in [5.74, 6) is 1.76. The predicted octanol–water partition coefficient (Wildman–Crippen LogP) is 4.50. The number of carbonyl (C=O) groups is 1. The number of para-hydroxylation sites is 2. The van der Waals surface area contributed by atoms with Crippen molar-refractivity contribution in [3.8, 4) is 17.1 Å². The Balaban J connectivity index is 1.67. The average Bonchev–Trinajstić information content (AvgIpc) is 3.12. The molecule has 1 fully saturated rings. The van der Waals surface area contributed by atoms with Crippen molar-refractivity contribution in [3.63, 3.8) is 0 Å². The van der Waals surface area contributed by atoms with Crippen molar-refractivity contribution in [2.75, 3.05) is 14.2 Å². The van der Waals surface area contributed by atoms with Crippen LogP contribution in [0.3, 0.4) is 0 Å². The summed E-state index contributed by atoms with van der Waals surface area (Å²) >= 11 is 0. The molecule has 146 valence electrons. The Morgan fingerprint density at radius 1 is 1.11 bits per heavy atom. The molecule has 2 aromatic carbocycles. The molecule has 1 aromatic heterocycles. The minimum Gasteiger partial charge on any atom is -0.497 e. The van der Waals surface area contributed by atoms with Gasteiger partial charge in [-0.05, 0) is 49.2 Å². The number of aromatic nitrogens is 2. The smallest absolute Gasteiger partial charge is 0.242 e. The Morgan fingerprint density at radius 2 is 1.82 bits per heavy atom. The molecule has 0 N–H and O–H groups in total. The highest BCUT2D eigenvalue weighted by Crippen LogP contribution is 2.27. The van der Waals surface area contributed by atoms with Gasteiger partial charge in [-0.25, -0.2) is 4.98 Å². The average molecular weight is 377 g/mol. The van der Waals surface area contributed by atoms with Gasteiger partial charge in [0.1, 0.15) is 18.1 Å². The Kier molecular flexibility index (Phi) is 5.33. The van der Waals surface area contributed by atoms with Crippen molar-refractivity contribution in [3.05, 3.63) is 48.5 Å². The van der Waals surface area contributed by atoms with E-state index < -0.39 is 0 Å². The fourth-order valence-electron chi connectivity index (χ4n) is 4.11. The van der Waals surface area contributed by atoms with Crippen molar-refractivity contribution < 1.29 is 9.53 Å². The number of imidazole rings is 1. The number of rotatable bonds is 5. The SMILES string of the molecule is COc1ccc(-c2nc3ccccc3n2CC(=O)N(C)C2CCCCC2)cc1. The van der Waals surface area contributed by atoms with Crippen molar-refractivity contribution in [1.82, 2.24) is 14.5 Å². The van der Waals surface area contributed by atoms with Crippen molar-refractivity contribution in [2.45, 2.75) is 44.7 Å². The maximum absolute atomic E-state index is 13.1. The van der Waals surface area contributed by atoms with E-state index in [2.05, 4.69) is 0 Å². The number of hydrogen-bond acceptors (Lipinski definition) is 3. The van der Waals surface area contributed by atoms with Crippen LogP contribution in [-0.4, -0.2) is 40.6 Å². The van der Waals surface area contributed by atoms with E-state index in [9.17, 15) is 4.79 Å². The van der Waals surface area contributed by atoms with E-state index in [0.717, 1.165) is 41.0 Å². The molecule has 3 aromatic rings. The third-order valence-corrected chi connectivity index (χ3v) is 5.81. The van der Waals surface area contributed by atoms with E-state index in [1.54, 1.807) is 7.11 Å². The molecule has 0 aliphatic heterocycles. The number of methoxy groups -OCH3 is 1. The van der Waals surface area contributed by atoms with Gasteiger partial charge in [-0.1, -0.05) is 31.4 Å². The zero-order valence-corrected chi connectivity index (χ0v) is 16.6. The monoisotopic (exact) mass is 377 g/mol. The van der Waals surface area contributed by atoms with Gasteiger partial charge in [-0.3, -0.25) is 4.79 Å². The number of fused-ring (bicyclic) bond motifs is 1. The number of amides is 1. The fraction of sp³-hybridized carbons (Fsp3) is 0.391. The molecule has 1 aliphatic rings. The first-order chi connectivity index (χ1) is 13.7. The maximum Gasteiger partial charge on any atom is 0.242 e. The zero-order valence-electron chi connectivity index (χ0n) is 16.6. The summed E-state index contributed by atoms with van der Waals surface area (Å²) in [4.78, 5) is 19.9. The number of carbonyl (C=O) groups excluding carboxylic acids is 1. The topological polar surface area (TPSA) is 47.4 Å². The molecule has 0 atom stereocenters. The molecule has 1 aliphatic carbocycles. The lowest BCUT2D eigenvalue weighted by Gasteiger charge is -2.31. The van der Waals surface area contributed by atoms with Crippen LogP contribution in [0.1, 0.15) is 32.1 Å².